The van der Waals surface area contributed by atoms with Gasteiger partial charge in [0.1, 0.15) is 0 Å². The third-order valence-corrected chi connectivity index (χ3v) is 4.57. The molecule has 21 heavy (non-hydrogen) atoms. The van der Waals surface area contributed by atoms with Crippen molar-refractivity contribution in [1.29, 1.82) is 0 Å². The Morgan fingerprint density at radius 1 is 1.24 bits per heavy atom. The van der Waals surface area contributed by atoms with Gasteiger partial charge in [0, 0.05) is 22.3 Å². The minimum absolute atomic E-state index is 0.121. The standard InChI is InChI=1S/C16H18BrN3O/c1-10-7-13(8-11(2)15(10)17)19-9-12-5-3-4-6-14(12)16(18)20-21/h3-8,19,21H,9H2,1-2H3,(H2,18,20). The maximum atomic E-state index is 8.84. The highest BCUT2D eigenvalue weighted by atomic mass is 79.9. The number of aryl methyl sites for hydroxylation is 2. The fraction of sp³-hybridized carbons (Fsp3) is 0.188. The van der Waals surface area contributed by atoms with Crippen molar-refractivity contribution in [3.05, 3.63) is 63.1 Å². The lowest BCUT2D eigenvalue weighted by Crippen LogP contribution is -2.16. The Hall–Kier alpha value is -2.01. The Kier molecular flexibility index (Phi) is 4.85. The molecule has 0 heterocycles. The van der Waals surface area contributed by atoms with Crippen LogP contribution in [0.15, 0.2) is 46.0 Å². The second-order valence-corrected chi connectivity index (χ2v) is 5.71. The summed E-state index contributed by atoms with van der Waals surface area (Å²) in [6.45, 7) is 4.73. The van der Waals surface area contributed by atoms with E-state index in [0.29, 0.717) is 6.54 Å². The zero-order valence-electron chi connectivity index (χ0n) is 12.0. The van der Waals surface area contributed by atoms with E-state index < -0.39 is 0 Å². The fourth-order valence-electron chi connectivity index (χ4n) is 2.22. The molecule has 0 aromatic heterocycles. The molecular weight excluding hydrogens is 330 g/mol. The van der Waals surface area contributed by atoms with E-state index in [-0.39, 0.29) is 5.84 Å². The molecule has 5 heteroatoms. The molecule has 0 amide bonds. The summed E-state index contributed by atoms with van der Waals surface area (Å²) in [5, 5.41) is 15.3. The second-order valence-electron chi connectivity index (χ2n) is 4.92. The van der Waals surface area contributed by atoms with Crippen LogP contribution < -0.4 is 11.1 Å². The predicted octanol–water partition coefficient (Wildman–Crippen LogP) is 3.77. The summed E-state index contributed by atoms with van der Waals surface area (Å²) >= 11 is 3.56. The number of rotatable bonds is 4. The molecule has 0 atom stereocenters. The lowest BCUT2D eigenvalue weighted by atomic mass is 10.1. The van der Waals surface area contributed by atoms with Crippen molar-refractivity contribution in [3.8, 4) is 0 Å². The third kappa shape index (κ3) is 3.55. The van der Waals surface area contributed by atoms with Crippen molar-refractivity contribution < 1.29 is 5.21 Å². The summed E-state index contributed by atoms with van der Waals surface area (Å²) in [5.41, 5.74) is 10.8. The first-order chi connectivity index (χ1) is 10.0. The van der Waals surface area contributed by atoms with Crippen LogP contribution in [-0.4, -0.2) is 11.0 Å². The van der Waals surface area contributed by atoms with Crippen molar-refractivity contribution >= 4 is 27.5 Å². The smallest absolute Gasteiger partial charge is 0.170 e. The monoisotopic (exact) mass is 347 g/mol. The molecule has 4 nitrogen and oxygen atoms in total. The molecule has 2 rings (SSSR count). The molecule has 110 valence electrons. The SMILES string of the molecule is Cc1cc(NCc2ccccc2/C(N)=N/O)cc(C)c1Br. The van der Waals surface area contributed by atoms with Gasteiger partial charge in [-0.2, -0.15) is 0 Å². The summed E-state index contributed by atoms with van der Waals surface area (Å²) < 4.78 is 1.13. The maximum Gasteiger partial charge on any atom is 0.170 e. The highest BCUT2D eigenvalue weighted by molar-refractivity contribution is 9.10. The molecule has 0 unspecified atom stereocenters. The van der Waals surface area contributed by atoms with Crippen LogP contribution in [0.4, 0.5) is 5.69 Å². The average Bonchev–Trinajstić information content (AvgIpc) is 2.50. The first-order valence-corrected chi connectivity index (χ1v) is 7.38. The van der Waals surface area contributed by atoms with Gasteiger partial charge in [0.2, 0.25) is 0 Å². The first-order valence-electron chi connectivity index (χ1n) is 6.59. The van der Waals surface area contributed by atoms with Crippen LogP contribution in [-0.2, 0) is 6.54 Å². The number of anilines is 1. The van der Waals surface area contributed by atoms with E-state index in [9.17, 15) is 0 Å². The third-order valence-electron chi connectivity index (χ3n) is 3.32. The number of nitrogens with two attached hydrogens (primary N) is 1. The van der Waals surface area contributed by atoms with Gasteiger partial charge in [-0.1, -0.05) is 45.4 Å². The lowest BCUT2D eigenvalue weighted by Gasteiger charge is -2.13. The summed E-state index contributed by atoms with van der Waals surface area (Å²) in [6, 6.07) is 11.8. The van der Waals surface area contributed by atoms with Gasteiger partial charge in [-0.15, -0.1) is 0 Å². The van der Waals surface area contributed by atoms with Crippen LogP contribution in [0.3, 0.4) is 0 Å². The molecule has 0 radical (unpaired) electrons. The molecule has 0 fully saturated rings. The van der Waals surface area contributed by atoms with E-state index >= 15 is 0 Å². The number of oxime groups is 1. The maximum absolute atomic E-state index is 8.84. The number of nitrogens with one attached hydrogen (secondary N) is 1. The van der Waals surface area contributed by atoms with Crippen molar-refractivity contribution in [2.75, 3.05) is 5.32 Å². The van der Waals surface area contributed by atoms with Crippen LogP contribution in [0.25, 0.3) is 0 Å². The van der Waals surface area contributed by atoms with Gasteiger partial charge < -0.3 is 16.3 Å². The van der Waals surface area contributed by atoms with Gasteiger partial charge >= 0.3 is 0 Å². The van der Waals surface area contributed by atoms with Crippen LogP contribution in [0, 0.1) is 13.8 Å². The molecule has 0 saturated carbocycles. The van der Waals surface area contributed by atoms with Crippen LogP contribution in [0.2, 0.25) is 0 Å². The number of nitrogens with zero attached hydrogens (tertiary/aromatic N) is 1. The van der Waals surface area contributed by atoms with Crippen molar-refractivity contribution in [2.24, 2.45) is 10.9 Å². The molecule has 2 aromatic carbocycles. The van der Waals surface area contributed by atoms with Gasteiger partial charge in [0.05, 0.1) is 0 Å². The van der Waals surface area contributed by atoms with E-state index in [4.69, 9.17) is 10.9 Å². The molecule has 0 aliphatic carbocycles. The number of hydrogen-bond acceptors (Lipinski definition) is 3. The molecule has 2 aromatic rings. The van der Waals surface area contributed by atoms with Gasteiger partial charge in [0.25, 0.3) is 0 Å². The molecule has 0 spiro atoms. The molecule has 0 aliphatic rings. The van der Waals surface area contributed by atoms with E-state index in [1.54, 1.807) is 0 Å². The largest absolute Gasteiger partial charge is 0.409 e. The molecule has 0 saturated heterocycles. The highest BCUT2D eigenvalue weighted by Crippen LogP contribution is 2.25. The van der Waals surface area contributed by atoms with E-state index in [1.807, 2.05) is 24.3 Å². The Labute approximate surface area is 132 Å². The summed E-state index contributed by atoms with van der Waals surface area (Å²) in [4.78, 5) is 0. The van der Waals surface area contributed by atoms with E-state index in [2.05, 4.69) is 52.4 Å². The number of amidine groups is 1. The summed E-state index contributed by atoms with van der Waals surface area (Å²) in [5.74, 6) is 0.121. The Morgan fingerprint density at radius 2 is 1.86 bits per heavy atom. The van der Waals surface area contributed by atoms with E-state index in [0.717, 1.165) is 21.3 Å². The molecule has 0 bridgehead atoms. The van der Waals surface area contributed by atoms with Crippen molar-refractivity contribution in [1.82, 2.24) is 0 Å². The minimum atomic E-state index is 0.121. The fourth-order valence-corrected chi connectivity index (χ4v) is 2.45. The zero-order valence-corrected chi connectivity index (χ0v) is 13.6. The Morgan fingerprint density at radius 3 is 2.48 bits per heavy atom. The topological polar surface area (TPSA) is 70.6 Å². The summed E-state index contributed by atoms with van der Waals surface area (Å²) in [6.07, 6.45) is 0. The summed E-state index contributed by atoms with van der Waals surface area (Å²) in [7, 11) is 0. The van der Waals surface area contributed by atoms with E-state index in [1.165, 1.54) is 11.1 Å². The van der Waals surface area contributed by atoms with Crippen LogP contribution in [0.1, 0.15) is 22.3 Å². The van der Waals surface area contributed by atoms with Crippen LogP contribution in [0.5, 0.6) is 0 Å². The number of benzene rings is 2. The van der Waals surface area contributed by atoms with Gasteiger partial charge in [-0.3, -0.25) is 0 Å². The van der Waals surface area contributed by atoms with Gasteiger partial charge in [-0.25, -0.2) is 0 Å². The Bertz CT molecular complexity index is 660. The predicted molar refractivity (Wildman–Crippen MR) is 89.9 cm³/mol. The van der Waals surface area contributed by atoms with Crippen molar-refractivity contribution in [2.45, 2.75) is 20.4 Å². The Balaban J connectivity index is 2.21. The molecule has 0 aliphatic heterocycles. The quantitative estimate of drug-likeness (QED) is 0.341. The van der Waals surface area contributed by atoms with Crippen molar-refractivity contribution in [3.63, 3.8) is 0 Å². The second kappa shape index (κ2) is 6.63. The zero-order chi connectivity index (χ0) is 15.4. The first kappa shape index (κ1) is 15.4. The average molecular weight is 348 g/mol. The molecular formula is C16H18BrN3O. The normalized spacial score (nSPS) is 11.5. The minimum Gasteiger partial charge on any atom is -0.409 e. The molecule has 4 N–H and O–H groups in total. The van der Waals surface area contributed by atoms with Gasteiger partial charge in [0.15, 0.2) is 5.84 Å². The van der Waals surface area contributed by atoms with Crippen LogP contribution >= 0.6 is 15.9 Å². The number of halogens is 1. The lowest BCUT2D eigenvalue weighted by molar-refractivity contribution is 0.318. The number of hydrogen-bond donors (Lipinski definition) is 3. The highest BCUT2D eigenvalue weighted by Gasteiger charge is 2.07. The van der Waals surface area contributed by atoms with Gasteiger partial charge in [-0.05, 0) is 42.7 Å².